The SMILES string of the molecule is Cc1cc(=O)oc2cc(NC(=O)NCCNc3cccc(F)c3C#N)ccc12. The van der Waals surface area contributed by atoms with E-state index in [0.29, 0.717) is 23.5 Å². The molecule has 0 aliphatic rings. The predicted molar refractivity (Wildman–Crippen MR) is 104 cm³/mol. The topological polar surface area (TPSA) is 107 Å². The van der Waals surface area contributed by atoms with Crippen LogP contribution < -0.4 is 21.6 Å². The second kappa shape index (κ2) is 8.22. The van der Waals surface area contributed by atoms with E-state index in [0.717, 1.165) is 10.9 Å². The van der Waals surface area contributed by atoms with Gasteiger partial charge in [0.15, 0.2) is 0 Å². The standard InChI is InChI=1S/C20H17FN4O3/c1-12-9-19(26)28-18-10-13(5-6-14(12)18)25-20(27)24-8-7-23-17-4-2-3-16(21)15(17)11-22/h2-6,9-10,23H,7-8H2,1H3,(H2,24,25,27). The van der Waals surface area contributed by atoms with Crippen LogP contribution in [0, 0.1) is 24.1 Å². The van der Waals surface area contributed by atoms with Gasteiger partial charge in [-0.25, -0.2) is 14.0 Å². The van der Waals surface area contributed by atoms with Crippen molar-refractivity contribution in [2.75, 3.05) is 23.7 Å². The van der Waals surface area contributed by atoms with Gasteiger partial charge in [0.1, 0.15) is 23.0 Å². The van der Waals surface area contributed by atoms with E-state index in [4.69, 9.17) is 9.68 Å². The number of hydrogen-bond donors (Lipinski definition) is 3. The number of nitrogens with zero attached hydrogens (tertiary/aromatic N) is 1. The van der Waals surface area contributed by atoms with Crippen LogP contribution in [0.25, 0.3) is 11.0 Å². The van der Waals surface area contributed by atoms with Crippen molar-refractivity contribution in [3.63, 3.8) is 0 Å². The van der Waals surface area contributed by atoms with Crippen molar-refractivity contribution in [2.24, 2.45) is 0 Å². The summed E-state index contributed by atoms with van der Waals surface area (Å²) in [6, 6.07) is 12.1. The van der Waals surface area contributed by atoms with E-state index in [1.807, 2.05) is 6.92 Å². The molecule has 0 unspecified atom stereocenters. The van der Waals surface area contributed by atoms with Crippen molar-refractivity contribution in [3.8, 4) is 6.07 Å². The van der Waals surface area contributed by atoms with Crippen LogP contribution in [0.3, 0.4) is 0 Å². The Bertz CT molecular complexity index is 1130. The number of urea groups is 1. The van der Waals surface area contributed by atoms with Crippen LogP contribution in [-0.4, -0.2) is 19.1 Å². The van der Waals surface area contributed by atoms with E-state index in [-0.39, 0.29) is 12.1 Å². The highest BCUT2D eigenvalue weighted by Gasteiger charge is 2.08. The molecule has 0 aliphatic heterocycles. The monoisotopic (exact) mass is 380 g/mol. The minimum atomic E-state index is -0.601. The summed E-state index contributed by atoms with van der Waals surface area (Å²) >= 11 is 0. The van der Waals surface area contributed by atoms with Gasteiger partial charge in [-0.3, -0.25) is 0 Å². The lowest BCUT2D eigenvalue weighted by molar-refractivity contribution is 0.252. The molecule has 3 N–H and O–H groups in total. The van der Waals surface area contributed by atoms with E-state index in [1.165, 1.54) is 18.2 Å². The Balaban J connectivity index is 1.55. The van der Waals surface area contributed by atoms with Crippen LogP contribution in [-0.2, 0) is 0 Å². The number of hydrogen-bond acceptors (Lipinski definition) is 5. The Morgan fingerprint density at radius 1 is 1.21 bits per heavy atom. The molecule has 3 aromatic rings. The molecule has 0 fully saturated rings. The zero-order valence-electron chi connectivity index (χ0n) is 15.0. The third-order valence-corrected chi connectivity index (χ3v) is 4.06. The molecule has 3 rings (SSSR count). The van der Waals surface area contributed by atoms with Gasteiger partial charge >= 0.3 is 11.7 Å². The molecule has 2 amide bonds. The van der Waals surface area contributed by atoms with Gasteiger partial charge in [0.25, 0.3) is 0 Å². The fourth-order valence-corrected chi connectivity index (χ4v) is 2.74. The number of rotatable bonds is 5. The molecule has 0 atom stereocenters. The number of carbonyl (C=O) groups excluding carboxylic acids is 1. The molecule has 0 aliphatic carbocycles. The van der Waals surface area contributed by atoms with Crippen molar-refractivity contribution in [2.45, 2.75) is 6.92 Å². The summed E-state index contributed by atoms with van der Waals surface area (Å²) in [6.07, 6.45) is 0. The summed E-state index contributed by atoms with van der Waals surface area (Å²) in [6.45, 7) is 2.36. The van der Waals surface area contributed by atoms with E-state index in [2.05, 4.69) is 16.0 Å². The predicted octanol–water partition coefficient (Wildman–Crippen LogP) is 3.35. The molecular formula is C20H17FN4O3. The van der Waals surface area contributed by atoms with Crippen molar-refractivity contribution >= 4 is 28.4 Å². The lowest BCUT2D eigenvalue weighted by Crippen LogP contribution is -2.32. The van der Waals surface area contributed by atoms with Crippen LogP contribution in [0.5, 0.6) is 0 Å². The third kappa shape index (κ3) is 4.27. The van der Waals surface area contributed by atoms with Crippen LogP contribution in [0.15, 0.2) is 51.7 Å². The number of nitriles is 1. The molecule has 0 spiro atoms. The van der Waals surface area contributed by atoms with E-state index >= 15 is 0 Å². The second-order valence-electron chi connectivity index (χ2n) is 6.04. The molecule has 0 saturated carbocycles. The fourth-order valence-electron chi connectivity index (χ4n) is 2.74. The fraction of sp³-hybridized carbons (Fsp3) is 0.150. The highest BCUT2D eigenvalue weighted by molar-refractivity contribution is 5.92. The average molecular weight is 380 g/mol. The maximum atomic E-state index is 13.5. The highest BCUT2D eigenvalue weighted by atomic mass is 19.1. The first-order valence-corrected chi connectivity index (χ1v) is 8.50. The van der Waals surface area contributed by atoms with Gasteiger partial charge in [-0.2, -0.15) is 5.26 Å². The Morgan fingerprint density at radius 2 is 2.04 bits per heavy atom. The van der Waals surface area contributed by atoms with Crippen molar-refractivity contribution in [1.29, 1.82) is 5.26 Å². The molecule has 28 heavy (non-hydrogen) atoms. The van der Waals surface area contributed by atoms with Crippen molar-refractivity contribution in [3.05, 3.63) is 69.8 Å². The Labute approximate surface area is 159 Å². The Morgan fingerprint density at radius 3 is 2.82 bits per heavy atom. The Hall–Kier alpha value is -3.86. The molecule has 1 heterocycles. The molecule has 142 valence electrons. The van der Waals surface area contributed by atoms with Gasteiger partial charge in [0, 0.05) is 36.3 Å². The number of halogens is 1. The van der Waals surface area contributed by atoms with Gasteiger partial charge in [-0.05, 0) is 36.8 Å². The quantitative estimate of drug-likeness (QED) is 0.465. The summed E-state index contributed by atoms with van der Waals surface area (Å²) in [5.41, 5.74) is 1.50. The number of aryl methyl sites for hydroxylation is 1. The van der Waals surface area contributed by atoms with E-state index in [1.54, 1.807) is 30.3 Å². The third-order valence-electron chi connectivity index (χ3n) is 4.06. The number of benzene rings is 2. The molecule has 0 saturated heterocycles. The van der Waals surface area contributed by atoms with Crippen LogP contribution >= 0.6 is 0 Å². The highest BCUT2D eigenvalue weighted by Crippen LogP contribution is 2.20. The van der Waals surface area contributed by atoms with Gasteiger partial charge in [0.05, 0.1) is 5.69 Å². The summed E-state index contributed by atoms with van der Waals surface area (Å²) in [5.74, 6) is -0.601. The maximum Gasteiger partial charge on any atom is 0.336 e. The molecule has 2 aromatic carbocycles. The zero-order valence-corrected chi connectivity index (χ0v) is 15.0. The van der Waals surface area contributed by atoms with Gasteiger partial charge < -0.3 is 20.4 Å². The molecule has 0 radical (unpaired) electrons. The number of anilines is 2. The van der Waals surface area contributed by atoms with Crippen molar-refractivity contribution < 1.29 is 13.6 Å². The first-order chi connectivity index (χ1) is 13.5. The molecule has 7 nitrogen and oxygen atoms in total. The summed E-state index contributed by atoms with van der Waals surface area (Å²) in [4.78, 5) is 23.5. The number of amides is 2. The van der Waals surface area contributed by atoms with Gasteiger partial charge in [-0.1, -0.05) is 6.07 Å². The van der Waals surface area contributed by atoms with E-state index in [9.17, 15) is 14.0 Å². The van der Waals surface area contributed by atoms with Crippen LogP contribution in [0.2, 0.25) is 0 Å². The molecule has 8 heteroatoms. The molecule has 1 aromatic heterocycles. The summed E-state index contributed by atoms with van der Waals surface area (Å²) in [7, 11) is 0. The Kier molecular flexibility index (Phi) is 5.56. The first-order valence-electron chi connectivity index (χ1n) is 8.50. The second-order valence-corrected chi connectivity index (χ2v) is 6.04. The normalized spacial score (nSPS) is 10.3. The molecule has 0 bridgehead atoms. The summed E-state index contributed by atoms with van der Waals surface area (Å²) in [5, 5.41) is 18.0. The largest absolute Gasteiger partial charge is 0.423 e. The van der Waals surface area contributed by atoms with Crippen LogP contribution in [0.4, 0.5) is 20.6 Å². The lowest BCUT2D eigenvalue weighted by Gasteiger charge is -2.11. The maximum absolute atomic E-state index is 13.5. The van der Waals surface area contributed by atoms with E-state index < -0.39 is 17.5 Å². The van der Waals surface area contributed by atoms with Crippen molar-refractivity contribution in [1.82, 2.24) is 5.32 Å². The first kappa shape index (κ1) is 18.9. The smallest absolute Gasteiger partial charge is 0.336 e. The lowest BCUT2D eigenvalue weighted by atomic mass is 10.1. The number of fused-ring (bicyclic) bond motifs is 1. The van der Waals surface area contributed by atoms with Crippen LogP contribution in [0.1, 0.15) is 11.1 Å². The number of nitrogens with one attached hydrogen (secondary N) is 3. The number of carbonyl (C=O) groups is 1. The minimum Gasteiger partial charge on any atom is -0.423 e. The average Bonchev–Trinajstić information content (AvgIpc) is 2.65. The molecular weight excluding hydrogens is 363 g/mol. The minimum absolute atomic E-state index is 0.0695. The van der Waals surface area contributed by atoms with Gasteiger partial charge in [-0.15, -0.1) is 0 Å². The van der Waals surface area contributed by atoms with Gasteiger partial charge in [0.2, 0.25) is 0 Å². The summed E-state index contributed by atoms with van der Waals surface area (Å²) < 4.78 is 18.7. The zero-order chi connectivity index (χ0) is 20.1.